The second-order valence-electron chi connectivity index (χ2n) is 9.32. The van der Waals surface area contributed by atoms with Gasteiger partial charge in [-0.15, -0.1) is 23.5 Å². The third kappa shape index (κ3) is 6.66. The molecule has 4 rings (SSSR count). The molecule has 14 nitrogen and oxygen atoms in total. The summed E-state index contributed by atoms with van der Waals surface area (Å²) < 4.78 is 10.3. The highest BCUT2D eigenvalue weighted by Gasteiger charge is 2.40. The largest absolute Gasteiger partial charge is 0.442 e. The van der Waals surface area contributed by atoms with Gasteiger partial charge in [-0.2, -0.15) is 0 Å². The van der Waals surface area contributed by atoms with Crippen molar-refractivity contribution in [1.82, 2.24) is 30.2 Å². The molecule has 0 aromatic heterocycles. The minimum absolute atomic E-state index is 0.0732. The molecule has 4 saturated heterocycles. The summed E-state index contributed by atoms with van der Waals surface area (Å²) in [5.74, 6) is -1.44. The zero-order valence-electron chi connectivity index (χ0n) is 21.3. The van der Waals surface area contributed by atoms with Crippen molar-refractivity contribution in [2.75, 3.05) is 64.2 Å². The van der Waals surface area contributed by atoms with Crippen LogP contribution < -0.4 is 10.6 Å². The van der Waals surface area contributed by atoms with Gasteiger partial charge in [0.1, 0.15) is 0 Å². The van der Waals surface area contributed by atoms with E-state index in [0.717, 1.165) is 21.3 Å². The first-order valence-corrected chi connectivity index (χ1v) is 14.4. The summed E-state index contributed by atoms with van der Waals surface area (Å²) in [6.45, 7) is 3.86. The zero-order valence-corrected chi connectivity index (χ0v) is 22.9. The quantitative estimate of drug-likeness (QED) is 0.219. The molecule has 0 aliphatic carbocycles. The standard InChI is InChI=1S/C22H32N6O8S2/c1-13(25-7-15(29)27(16(30)8-25)11-35-21(33)19-23-3-5-37-19)14(2)26-9-17(31)28(18(32)10-26)12-36-22(34)20-24-4-6-38-20/h13-14,19-20,23-24H,3-12H2,1-2H3. The third-order valence-electron chi connectivity index (χ3n) is 6.94. The summed E-state index contributed by atoms with van der Waals surface area (Å²) in [6, 6.07) is -0.690. The van der Waals surface area contributed by atoms with Crippen LogP contribution >= 0.6 is 23.5 Å². The van der Waals surface area contributed by atoms with Gasteiger partial charge >= 0.3 is 11.9 Å². The Bertz CT molecular complexity index is 861. The number of rotatable bonds is 9. The van der Waals surface area contributed by atoms with Gasteiger partial charge < -0.3 is 9.47 Å². The van der Waals surface area contributed by atoms with E-state index in [1.165, 1.54) is 23.5 Å². The van der Waals surface area contributed by atoms with Crippen molar-refractivity contribution < 1.29 is 38.2 Å². The van der Waals surface area contributed by atoms with Crippen molar-refractivity contribution in [2.24, 2.45) is 0 Å². The molecule has 4 aliphatic rings. The number of ether oxygens (including phenoxy) is 2. The molecule has 0 spiro atoms. The monoisotopic (exact) mass is 572 g/mol. The molecule has 4 atom stereocenters. The lowest BCUT2D eigenvalue weighted by molar-refractivity contribution is -0.168. The van der Waals surface area contributed by atoms with Crippen molar-refractivity contribution in [1.29, 1.82) is 0 Å². The predicted molar refractivity (Wildman–Crippen MR) is 136 cm³/mol. The summed E-state index contributed by atoms with van der Waals surface area (Å²) >= 11 is 2.81. The van der Waals surface area contributed by atoms with Crippen LogP contribution in [0.5, 0.6) is 0 Å². The molecule has 2 N–H and O–H groups in total. The number of nitrogens with zero attached hydrogens (tertiary/aromatic N) is 4. The van der Waals surface area contributed by atoms with Crippen molar-refractivity contribution in [2.45, 2.75) is 36.7 Å². The highest BCUT2D eigenvalue weighted by atomic mass is 32.2. The fourth-order valence-electron chi connectivity index (χ4n) is 4.46. The molecule has 0 radical (unpaired) electrons. The normalized spacial score (nSPS) is 27.1. The highest BCUT2D eigenvalue weighted by Crippen LogP contribution is 2.20. The van der Waals surface area contributed by atoms with Crippen LogP contribution in [0.2, 0.25) is 0 Å². The van der Waals surface area contributed by atoms with E-state index in [4.69, 9.17) is 9.47 Å². The zero-order chi connectivity index (χ0) is 27.4. The van der Waals surface area contributed by atoms with Gasteiger partial charge in [-0.3, -0.25) is 39.6 Å². The molecule has 210 valence electrons. The first-order chi connectivity index (χ1) is 18.2. The number of carbonyl (C=O) groups is 6. The lowest BCUT2D eigenvalue weighted by atomic mass is 10.1. The Morgan fingerprint density at radius 3 is 1.37 bits per heavy atom. The van der Waals surface area contributed by atoms with Gasteiger partial charge in [0.15, 0.2) is 24.2 Å². The topological polar surface area (TPSA) is 158 Å². The first-order valence-electron chi connectivity index (χ1n) is 12.3. The smallest absolute Gasteiger partial charge is 0.335 e. The third-order valence-corrected chi connectivity index (χ3v) is 9.20. The van der Waals surface area contributed by atoms with Crippen molar-refractivity contribution in [3.8, 4) is 0 Å². The molecule has 0 bridgehead atoms. The number of thioether (sulfide) groups is 2. The Morgan fingerprint density at radius 1 is 0.737 bits per heavy atom. The number of esters is 2. The minimum atomic E-state index is -0.519. The highest BCUT2D eigenvalue weighted by molar-refractivity contribution is 8.01. The summed E-state index contributed by atoms with van der Waals surface area (Å²) in [6.07, 6.45) is 0. The first kappa shape index (κ1) is 28.8. The summed E-state index contributed by atoms with van der Waals surface area (Å²) in [5, 5.41) is 4.96. The molecule has 4 fully saturated rings. The number of hydrogen-bond donors (Lipinski definition) is 2. The number of imide groups is 2. The Morgan fingerprint density at radius 2 is 1.08 bits per heavy atom. The van der Waals surface area contributed by atoms with Crippen LogP contribution in [0.1, 0.15) is 13.8 Å². The molecule has 0 aromatic carbocycles. The van der Waals surface area contributed by atoms with E-state index in [1.807, 2.05) is 13.8 Å². The van der Waals surface area contributed by atoms with Gasteiger partial charge in [-0.1, -0.05) is 0 Å². The van der Waals surface area contributed by atoms with Gasteiger partial charge in [0.05, 0.1) is 26.2 Å². The van der Waals surface area contributed by atoms with Crippen LogP contribution in [0, 0.1) is 0 Å². The molecule has 16 heteroatoms. The van der Waals surface area contributed by atoms with Crippen LogP contribution in [0.15, 0.2) is 0 Å². The Hall–Kier alpha value is -2.24. The SMILES string of the molecule is CC(C(C)N1CC(=O)N(COC(=O)C2NCCS2)C(=O)C1)N1CC(=O)N(COC(=O)C2NCCS2)C(=O)C1. The van der Waals surface area contributed by atoms with Crippen LogP contribution in [0.25, 0.3) is 0 Å². The molecular weight excluding hydrogens is 540 g/mol. The van der Waals surface area contributed by atoms with E-state index in [9.17, 15) is 28.8 Å². The van der Waals surface area contributed by atoms with Crippen LogP contribution in [0.3, 0.4) is 0 Å². The fraction of sp³-hybridized carbons (Fsp3) is 0.727. The van der Waals surface area contributed by atoms with E-state index in [0.29, 0.717) is 13.1 Å². The summed E-state index contributed by atoms with van der Waals surface area (Å²) in [4.78, 5) is 80.2. The van der Waals surface area contributed by atoms with Crippen LogP contribution in [-0.2, 0) is 38.2 Å². The molecular formula is C22H32N6O8S2. The second kappa shape index (κ2) is 12.7. The summed E-state index contributed by atoms with van der Waals surface area (Å²) in [5.41, 5.74) is 0. The average molecular weight is 573 g/mol. The number of carbonyl (C=O) groups excluding carboxylic acids is 6. The molecule has 4 unspecified atom stereocenters. The van der Waals surface area contributed by atoms with Gasteiger partial charge in [0, 0.05) is 36.7 Å². The Kier molecular flexibility index (Phi) is 9.64. The van der Waals surface area contributed by atoms with Crippen molar-refractivity contribution >= 4 is 59.1 Å². The number of piperazine rings is 2. The van der Waals surface area contributed by atoms with Gasteiger partial charge in [0.2, 0.25) is 23.6 Å². The molecule has 4 heterocycles. The fourth-order valence-corrected chi connectivity index (χ4v) is 6.28. The lowest BCUT2D eigenvalue weighted by Crippen LogP contribution is -2.63. The molecule has 0 aromatic rings. The molecule has 4 amide bonds. The second-order valence-corrected chi connectivity index (χ2v) is 11.7. The Labute approximate surface area is 228 Å². The van der Waals surface area contributed by atoms with Gasteiger partial charge in [-0.25, -0.2) is 19.4 Å². The predicted octanol–water partition coefficient (Wildman–Crippen LogP) is -2.57. The summed E-state index contributed by atoms with van der Waals surface area (Å²) in [7, 11) is 0. The minimum Gasteiger partial charge on any atom is -0.442 e. The lowest BCUT2D eigenvalue weighted by Gasteiger charge is -2.43. The average Bonchev–Trinajstić information content (AvgIpc) is 3.61. The maximum atomic E-state index is 12.7. The molecule has 38 heavy (non-hydrogen) atoms. The van der Waals surface area contributed by atoms with Crippen LogP contribution in [0.4, 0.5) is 0 Å². The van der Waals surface area contributed by atoms with Gasteiger partial charge in [0.25, 0.3) is 0 Å². The van der Waals surface area contributed by atoms with E-state index in [2.05, 4.69) is 10.6 Å². The number of nitrogens with one attached hydrogen (secondary N) is 2. The maximum Gasteiger partial charge on any atom is 0.335 e. The van der Waals surface area contributed by atoms with E-state index < -0.39 is 59.8 Å². The molecule has 0 saturated carbocycles. The Balaban J connectivity index is 1.25. The van der Waals surface area contributed by atoms with Crippen molar-refractivity contribution in [3.05, 3.63) is 0 Å². The maximum absolute atomic E-state index is 12.7. The number of hydrogen-bond acceptors (Lipinski definition) is 14. The van der Waals surface area contributed by atoms with E-state index in [1.54, 1.807) is 9.80 Å². The number of amides is 4. The van der Waals surface area contributed by atoms with E-state index >= 15 is 0 Å². The van der Waals surface area contributed by atoms with Crippen molar-refractivity contribution in [3.63, 3.8) is 0 Å². The van der Waals surface area contributed by atoms with Gasteiger partial charge in [-0.05, 0) is 13.8 Å². The molecule has 4 aliphatic heterocycles. The van der Waals surface area contributed by atoms with Crippen LogP contribution in [-0.4, -0.2) is 142 Å². The van der Waals surface area contributed by atoms with E-state index in [-0.39, 0.29) is 38.3 Å².